The summed E-state index contributed by atoms with van der Waals surface area (Å²) < 4.78 is 32.5. The topological polar surface area (TPSA) is 142 Å². The number of piperazine rings is 1. The van der Waals surface area contributed by atoms with Crippen molar-refractivity contribution >= 4 is 23.9 Å². The lowest BCUT2D eigenvalue weighted by Crippen LogP contribution is -2.58. The average Bonchev–Trinajstić information content (AvgIpc) is 2.99. The normalized spacial score (nSPS) is 15.5. The van der Waals surface area contributed by atoms with Crippen molar-refractivity contribution in [2.75, 3.05) is 79.0 Å². The van der Waals surface area contributed by atoms with Crippen molar-refractivity contribution in [1.82, 2.24) is 15.1 Å². The molecule has 1 aliphatic heterocycles. The van der Waals surface area contributed by atoms with Crippen LogP contribution in [0.25, 0.3) is 0 Å². The van der Waals surface area contributed by atoms with Gasteiger partial charge in [-0.3, -0.25) is 19.3 Å². The molecule has 2 rings (SSSR count). The summed E-state index contributed by atoms with van der Waals surface area (Å²) in [5.41, 5.74) is 0.312. The molecule has 2 amide bonds. The minimum absolute atomic E-state index is 0.0536. The molecule has 0 aliphatic carbocycles. The second-order valence-electron chi connectivity index (χ2n) is 11.9. The molecule has 1 heterocycles. The first-order chi connectivity index (χ1) is 21.4. The van der Waals surface area contributed by atoms with E-state index in [9.17, 15) is 19.2 Å². The van der Waals surface area contributed by atoms with Crippen molar-refractivity contribution in [3.63, 3.8) is 0 Å². The first-order valence-corrected chi connectivity index (χ1v) is 15.5. The quantitative estimate of drug-likeness (QED) is 0.136. The number of ether oxygens (including phenoxy) is 6. The number of carbonyl (C=O) groups is 4. The summed E-state index contributed by atoms with van der Waals surface area (Å²) in [5, 5.41) is 2.63. The van der Waals surface area contributed by atoms with E-state index in [0.29, 0.717) is 59.2 Å². The predicted molar refractivity (Wildman–Crippen MR) is 165 cm³/mol. The maximum atomic E-state index is 12.9. The third-order valence-corrected chi connectivity index (χ3v) is 6.53. The minimum atomic E-state index is -0.604. The Morgan fingerprint density at radius 2 is 1.53 bits per heavy atom. The summed E-state index contributed by atoms with van der Waals surface area (Å²) in [6.45, 7) is 12.9. The van der Waals surface area contributed by atoms with Gasteiger partial charge in [-0.25, -0.2) is 4.79 Å². The van der Waals surface area contributed by atoms with E-state index in [-0.39, 0.29) is 62.6 Å². The van der Waals surface area contributed by atoms with E-state index in [4.69, 9.17) is 28.4 Å². The third-order valence-electron chi connectivity index (χ3n) is 6.53. The van der Waals surface area contributed by atoms with Crippen molar-refractivity contribution in [1.29, 1.82) is 0 Å². The highest BCUT2D eigenvalue weighted by molar-refractivity contribution is 5.77. The fourth-order valence-corrected chi connectivity index (χ4v) is 4.23. The summed E-state index contributed by atoms with van der Waals surface area (Å²) in [5.74, 6) is -1.03. The average molecular weight is 638 g/mol. The van der Waals surface area contributed by atoms with Gasteiger partial charge in [0.25, 0.3) is 0 Å². The molecule has 1 aromatic carbocycles. The van der Waals surface area contributed by atoms with Gasteiger partial charge >= 0.3 is 18.0 Å². The van der Waals surface area contributed by atoms with Crippen LogP contribution in [-0.2, 0) is 49.4 Å². The van der Waals surface area contributed by atoms with Crippen molar-refractivity contribution in [2.24, 2.45) is 5.92 Å². The molecule has 1 saturated heterocycles. The Labute approximate surface area is 266 Å². The molecule has 45 heavy (non-hydrogen) atoms. The minimum Gasteiger partial charge on any atom is -0.464 e. The standard InChI is InChI=1S/C32H51N3O10/c1-25(2)30(38)43-24-27-21-35(14-13-34(27)22-29(37)45-32(3,4)5)28(36)11-15-40-17-19-42-20-18-41-16-12-33-31(39)44-23-26-9-7-6-8-10-26/h6-10,25,27H,11-24H2,1-5H3,(H,33,39). The molecular formula is C32H51N3O10. The zero-order chi connectivity index (χ0) is 33.1. The first-order valence-electron chi connectivity index (χ1n) is 15.5. The van der Waals surface area contributed by atoms with Crippen molar-refractivity contribution in [3.8, 4) is 0 Å². The van der Waals surface area contributed by atoms with E-state index < -0.39 is 11.7 Å². The van der Waals surface area contributed by atoms with Crippen LogP contribution in [0, 0.1) is 5.92 Å². The lowest BCUT2D eigenvalue weighted by atomic mass is 10.1. The summed E-state index contributed by atoms with van der Waals surface area (Å²) in [4.78, 5) is 52.7. The smallest absolute Gasteiger partial charge is 0.407 e. The Kier molecular flexibility index (Phi) is 17.5. The Hall–Kier alpha value is -3.26. The zero-order valence-corrected chi connectivity index (χ0v) is 27.4. The van der Waals surface area contributed by atoms with Crippen molar-refractivity contribution in [3.05, 3.63) is 35.9 Å². The molecule has 13 nitrogen and oxygen atoms in total. The highest BCUT2D eigenvalue weighted by Crippen LogP contribution is 2.15. The largest absolute Gasteiger partial charge is 0.464 e. The molecular weight excluding hydrogens is 586 g/mol. The molecule has 0 radical (unpaired) electrons. The molecule has 1 atom stereocenters. The van der Waals surface area contributed by atoms with E-state index in [2.05, 4.69) is 5.32 Å². The number of esters is 2. The molecule has 0 spiro atoms. The Bertz CT molecular complexity index is 1030. The van der Waals surface area contributed by atoms with Crippen LogP contribution in [0.1, 0.15) is 46.6 Å². The maximum absolute atomic E-state index is 12.9. The molecule has 13 heteroatoms. The monoisotopic (exact) mass is 637 g/mol. The van der Waals surface area contributed by atoms with Crippen LogP contribution in [0.4, 0.5) is 4.79 Å². The molecule has 1 fully saturated rings. The molecule has 1 N–H and O–H groups in total. The number of nitrogens with one attached hydrogen (secondary N) is 1. The van der Waals surface area contributed by atoms with Crippen molar-refractivity contribution < 1.29 is 47.6 Å². The van der Waals surface area contributed by atoms with E-state index in [1.165, 1.54) is 0 Å². The highest BCUT2D eigenvalue weighted by atomic mass is 16.6. The number of amides is 2. The molecule has 1 unspecified atom stereocenters. The number of rotatable bonds is 19. The van der Waals surface area contributed by atoms with Crippen LogP contribution in [0.2, 0.25) is 0 Å². The van der Waals surface area contributed by atoms with Gasteiger partial charge in [-0.1, -0.05) is 44.2 Å². The van der Waals surface area contributed by atoms with Crippen LogP contribution in [0.3, 0.4) is 0 Å². The van der Waals surface area contributed by atoms with E-state index in [1.807, 2.05) is 56.0 Å². The Balaban J connectivity index is 1.55. The van der Waals surface area contributed by atoms with Gasteiger partial charge in [-0.2, -0.15) is 0 Å². The third kappa shape index (κ3) is 17.1. The number of benzene rings is 1. The number of hydrogen-bond donors (Lipinski definition) is 1. The molecule has 1 aliphatic rings. The van der Waals surface area contributed by atoms with E-state index in [1.54, 1.807) is 18.7 Å². The highest BCUT2D eigenvalue weighted by Gasteiger charge is 2.32. The SMILES string of the molecule is CC(C)C(=O)OCC1CN(C(=O)CCOCCOCCOCCNC(=O)OCc2ccccc2)CCN1CC(=O)OC(C)(C)C. The predicted octanol–water partition coefficient (Wildman–Crippen LogP) is 2.41. The fourth-order valence-electron chi connectivity index (χ4n) is 4.23. The zero-order valence-electron chi connectivity index (χ0n) is 27.4. The second-order valence-corrected chi connectivity index (χ2v) is 11.9. The Morgan fingerprint density at radius 1 is 0.889 bits per heavy atom. The summed E-state index contributed by atoms with van der Waals surface area (Å²) in [7, 11) is 0. The van der Waals surface area contributed by atoms with Gasteiger partial charge in [0, 0.05) is 26.2 Å². The first kappa shape index (κ1) is 37.9. The molecule has 0 aromatic heterocycles. The van der Waals surface area contributed by atoms with Gasteiger partial charge in [-0.15, -0.1) is 0 Å². The van der Waals surface area contributed by atoms with Crippen LogP contribution in [-0.4, -0.2) is 124 Å². The Morgan fingerprint density at radius 3 is 2.18 bits per heavy atom. The second kappa shape index (κ2) is 20.7. The van der Waals surface area contributed by atoms with Crippen LogP contribution < -0.4 is 5.32 Å². The van der Waals surface area contributed by atoms with Crippen LogP contribution in [0.5, 0.6) is 0 Å². The summed E-state index contributed by atoms with van der Waals surface area (Å²) in [6, 6.07) is 9.11. The lowest BCUT2D eigenvalue weighted by molar-refractivity contribution is -0.159. The maximum Gasteiger partial charge on any atom is 0.407 e. The van der Waals surface area contributed by atoms with Crippen LogP contribution in [0.15, 0.2) is 30.3 Å². The van der Waals surface area contributed by atoms with Gasteiger partial charge in [0.05, 0.1) is 64.6 Å². The summed E-state index contributed by atoms with van der Waals surface area (Å²) >= 11 is 0. The molecule has 254 valence electrons. The number of carbonyl (C=O) groups excluding carboxylic acids is 4. The molecule has 0 bridgehead atoms. The van der Waals surface area contributed by atoms with Gasteiger partial charge in [-0.05, 0) is 26.3 Å². The number of nitrogens with zero attached hydrogens (tertiary/aromatic N) is 2. The number of alkyl carbamates (subject to hydrolysis) is 1. The van der Waals surface area contributed by atoms with Gasteiger partial charge in [0.15, 0.2) is 0 Å². The summed E-state index contributed by atoms with van der Waals surface area (Å²) in [6.07, 6.45) is -0.296. The van der Waals surface area contributed by atoms with Gasteiger partial charge in [0.2, 0.25) is 5.91 Å². The fraction of sp³-hybridized carbons (Fsp3) is 0.688. The molecule has 1 aromatic rings. The van der Waals surface area contributed by atoms with Crippen LogP contribution >= 0.6 is 0 Å². The van der Waals surface area contributed by atoms with Gasteiger partial charge in [0.1, 0.15) is 18.8 Å². The van der Waals surface area contributed by atoms with E-state index in [0.717, 1.165) is 5.56 Å². The molecule has 0 saturated carbocycles. The lowest BCUT2D eigenvalue weighted by Gasteiger charge is -2.41. The van der Waals surface area contributed by atoms with E-state index >= 15 is 0 Å². The van der Waals surface area contributed by atoms with Gasteiger partial charge < -0.3 is 38.6 Å². The van der Waals surface area contributed by atoms with Crippen molar-refractivity contribution in [2.45, 2.75) is 59.3 Å². The number of hydrogen-bond acceptors (Lipinski definition) is 11.